The molecule has 4 heteroatoms. The SMILES string of the molecule is Cl.O=C1CNC(c2ccccc2)CO1. The minimum Gasteiger partial charge on any atom is -0.463 e. The maximum atomic E-state index is 10.8. The summed E-state index contributed by atoms with van der Waals surface area (Å²) in [5.74, 6) is -0.174. The van der Waals surface area contributed by atoms with Gasteiger partial charge in [0.05, 0.1) is 12.6 Å². The van der Waals surface area contributed by atoms with E-state index in [0.717, 1.165) is 5.56 Å². The maximum absolute atomic E-state index is 10.8. The number of carbonyl (C=O) groups excluding carboxylic acids is 1. The number of rotatable bonds is 1. The van der Waals surface area contributed by atoms with Crippen molar-refractivity contribution in [2.24, 2.45) is 0 Å². The van der Waals surface area contributed by atoms with Crippen molar-refractivity contribution < 1.29 is 9.53 Å². The van der Waals surface area contributed by atoms with Crippen molar-refractivity contribution in [3.8, 4) is 0 Å². The Morgan fingerprint density at radius 3 is 2.57 bits per heavy atom. The molecule has 1 atom stereocenters. The minimum atomic E-state index is -0.174. The van der Waals surface area contributed by atoms with Crippen LogP contribution >= 0.6 is 12.4 Å². The first-order chi connectivity index (χ1) is 6.36. The highest BCUT2D eigenvalue weighted by atomic mass is 35.5. The van der Waals surface area contributed by atoms with Crippen molar-refractivity contribution >= 4 is 18.4 Å². The molecule has 1 aliphatic heterocycles. The third kappa shape index (κ3) is 2.47. The maximum Gasteiger partial charge on any atom is 0.320 e. The van der Waals surface area contributed by atoms with Crippen LogP contribution in [-0.2, 0) is 9.53 Å². The Balaban J connectivity index is 0.000000980. The Bertz CT molecular complexity index is 292. The number of benzene rings is 1. The lowest BCUT2D eigenvalue weighted by Gasteiger charge is -2.23. The van der Waals surface area contributed by atoms with Crippen LogP contribution in [0.15, 0.2) is 30.3 Å². The average Bonchev–Trinajstić information content (AvgIpc) is 2.20. The highest BCUT2D eigenvalue weighted by Crippen LogP contribution is 2.14. The zero-order valence-corrected chi connectivity index (χ0v) is 8.42. The van der Waals surface area contributed by atoms with E-state index in [1.165, 1.54) is 0 Å². The van der Waals surface area contributed by atoms with Crippen LogP contribution in [0.3, 0.4) is 0 Å². The quantitative estimate of drug-likeness (QED) is 0.715. The van der Waals surface area contributed by atoms with Gasteiger partial charge in [0.25, 0.3) is 0 Å². The topological polar surface area (TPSA) is 38.3 Å². The normalized spacial score (nSPS) is 20.9. The molecule has 0 amide bonds. The smallest absolute Gasteiger partial charge is 0.320 e. The molecule has 14 heavy (non-hydrogen) atoms. The van der Waals surface area contributed by atoms with Crippen LogP contribution in [0.4, 0.5) is 0 Å². The molecule has 0 spiro atoms. The zero-order chi connectivity index (χ0) is 9.10. The Morgan fingerprint density at radius 2 is 2.00 bits per heavy atom. The van der Waals surface area contributed by atoms with Gasteiger partial charge in [-0.3, -0.25) is 10.1 Å². The standard InChI is InChI=1S/C10H11NO2.ClH/c12-10-6-11-9(7-13-10)8-4-2-1-3-5-8;/h1-5,9,11H,6-7H2;1H. The number of carbonyl (C=O) groups is 1. The molecule has 0 aliphatic carbocycles. The van der Waals surface area contributed by atoms with E-state index in [0.29, 0.717) is 13.2 Å². The van der Waals surface area contributed by atoms with Crippen molar-refractivity contribution in [1.82, 2.24) is 5.32 Å². The molecular formula is C10H12ClNO2. The van der Waals surface area contributed by atoms with Crippen molar-refractivity contribution in [2.45, 2.75) is 6.04 Å². The Hall–Kier alpha value is -1.06. The van der Waals surface area contributed by atoms with Gasteiger partial charge in [-0.1, -0.05) is 30.3 Å². The Kier molecular flexibility index (Phi) is 3.92. The van der Waals surface area contributed by atoms with Crippen LogP contribution in [0.25, 0.3) is 0 Å². The molecule has 3 nitrogen and oxygen atoms in total. The molecule has 1 heterocycles. The summed E-state index contributed by atoms with van der Waals surface area (Å²) < 4.78 is 4.94. The summed E-state index contributed by atoms with van der Waals surface area (Å²) in [5.41, 5.74) is 1.16. The molecule has 0 saturated carbocycles. The number of hydrogen-bond donors (Lipinski definition) is 1. The molecule has 1 unspecified atom stereocenters. The van der Waals surface area contributed by atoms with Crippen LogP contribution < -0.4 is 5.32 Å². The number of esters is 1. The van der Waals surface area contributed by atoms with Crippen molar-refractivity contribution in [3.05, 3.63) is 35.9 Å². The molecule has 1 aromatic rings. The van der Waals surface area contributed by atoms with Gasteiger partial charge in [-0.2, -0.15) is 0 Å². The molecule has 0 aromatic heterocycles. The molecule has 0 radical (unpaired) electrons. The predicted octanol–water partition coefficient (Wildman–Crippen LogP) is 1.30. The molecule has 2 rings (SSSR count). The van der Waals surface area contributed by atoms with Crippen LogP contribution in [0, 0.1) is 0 Å². The van der Waals surface area contributed by atoms with E-state index >= 15 is 0 Å². The van der Waals surface area contributed by atoms with Gasteiger partial charge in [0.2, 0.25) is 0 Å². The second-order valence-electron chi connectivity index (χ2n) is 3.03. The molecular weight excluding hydrogens is 202 g/mol. The third-order valence-corrected chi connectivity index (χ3v) is 2.11. The zero-order valence-electron chi connectivity index (χ0n) is 7.60. The molecule has 1 fully saturated rings. The van der Waals surface area contributed by atoms with Crippen LogP contribution in [0.2, 0.25) is 0 Å². The lowest BCUT2D eigenvalue weighted by atomic mass is 10.1. The number of halogens is 1. The Morgan fingerprint density at radius 1 is 1.29 bits per heavy atom. The predicted molar refractivity (Wildman–Crippen MR) is 55.4 cm³/mol. The average molecular weight is 214 g/mol. The monoisotopic (exact) mass is 213 g/mol. The van der Waals surface area contributed by atoms with E-state index in [1.54, 1.807) is 0 Å². The van der Waals surface area contributed by atoms with Crippen LogP contribution in [0.5, 0.6) is 0 Å². The van der Waals surface area contributed by atoms with Crippen LogP contribution in [0.1, 0.15) is 11.6 Å². The summed E-state index contributed by atoms with van der Waals surface area (Å²) >= 11 is 0. The first-order valence-electron chi connectivity index (χ1n) is 4.30. The second kappa shape index (κ2) is 4.98. The molecule has 76 valence electrons. The van der Waals surface area contributed by atoms with E-state index in [4.69, 9.17) is 4.74 Å². The second-order valence-corrected chi connectivity index (χ2v) is 3.03. The fraction of sp³-hybridized carbons (Fsp3) is 0.300. The van der Waals surface area contributed by atoms with Gasteiger partial charge in [0, 0.05) is 0 Å². The summed E-state index contributed by atoms with van der Waals surface area (Å²) in [6, 6.07) is 10.1. The van der Waals surface area contributed by atoms with Gasteiger partial charge in [-0.15, -0.1) is 12.4 Å². The van der Waals surface area contributed by atoms with Crippen molar-refractivity contribution in [3.63, 3.8) is 0 Å². The van der Waals surface area contributed by atoms with E-state index in [2.05, 4.69) is 5.32 Å². The van der Waals surface area contributed by atoms with Gasteiger partial charge in [0.15, 0.2) is 0 Å². The fourth-order valence-electron chi connectivity index (χ4n) is 1.39. The highest BCUT2D eigenvalue weighted by Gasteiger charge is 2.19. The highest BCUT2D eigenvalue weighted by molar-refractivity contribution is 5.85. The van der Waals surface area contributed by atoms with E-state index in [-0.39, 0.29) is 24.4 Å². The van der Waals surface area contributed by atoms with Crippen LogP contribution in [-0.4, -0.2) is 19.1 Å². The fourth-order valence-corrected chi connectivity index (χ4v) is 1.39. The summed E-state index contributed by atoms with van der Waals surface area (Å²) in [6.07, 6.45) is 0. The summed E-state index contributed by atoms with van der Waals surface area (Å²) in [4.78, 5) is 10.8. The lowest BCUT2D eigenvalue weighted by molar-refractivity contribution is -0.147. The number of nitrogens with one attached hydrogen (secondary N) is 1. The summed E-state index contributed by atoms with van der Waals surface area (Å²) in [6.45, 7) is 0.738. The Labute approximate surface area is 88.9 Å². The van der Waals surface area contributed by atoms with Gasteiger partial charge >= 0.3 is 5.97 Å². The number of ether oxygens (including phenoxy) is 1. The number of cyclic esters (lactones) is 1. The minimum absolute atomic E-state index is 0. The first-order valence-corrected chi connectivity index (χ1v) is 4.30. The van der Waals surface area contributed by atoms with Gasteiger partial charge in [-0.05, 0) is 5.56 Å². The molecule has 1 saturated heterocycles. The lowest BCUT2D eigenvalue weighted by Crippen LogP contribution is -2.38. The molecule has 1 N–H and O–H groups in total. The largest absolute Gasteiger partial charge is 0.463 e. The van der Waals surface area contributed by atoms with Crippen molar-refractivity contribution in [2.75, 3.05) is 13.2 Å². The third-order valence-electron chi connectivity index (χ3n) is 2.11. The molecule has 1 aromatic carbocycles. The van der Waals surface area contributed by atoms with Gasteiger partial charge in [-0.25, -0.2) is 0 Å². The van der Waals surface area contributed by atoms with E-state index < -0.39 is 0 Å². The van der Waals surface area contributed by atoms with Gasteiger partial charge < -0.3 is 4.74 Å². The molecule has 0 bridgehead atoms. The van der Waals surface area contributed by atoms with E-state index in [9.17, 15) is 4.79 Å². The van der Waals surface area contributed by atoms with E-state index in [1.807, 2.05) is 30.3 Å². The van der Waals surface area contributed by atoms with Crippen molar-refractivity contribution in [1.29, 1.82) is 0 Å². The first kappa shape index (κ1) is 11.0. The number of hydrogen-bond acceptors (Lipinski definition) is 3. The summed E-state index contributed by atoms with van der Waals surface area (Å²) in [5, 5.41) is 3.11. The number of morpholine rings is 1. The van der Waals surface area contributed by atoms with Gasteiger partial charge in [0.1, 0.15) is 6.61 Å². The summed E-state index contributed by atoms with van der Waals surface area (Å²) in [7, 11) is 0. The molecule has 1 aliphatic rings.